The van der Waals surface area contributed by atoms with E-state index in [4.69, 9.17) is 4.74 Å². The second-order valence-electron chi connectivity index (χ2n) is 3.79. The first-order valence-corrected chi connectivity index (χ1v) is 6.32. The third-order valence-electron chi connectivity index (χ3n) is 3.06. The maximum absolute atomic E-state index is 11.9. The van der Waals surface area contributed by atoms with Crippen molar-refractivity contribution < 1.29 is 13.2 Å². The summed E-state index contributed by atoms with van der Waals surface area (Å²) in [5.74, 6) is 0.285. The van der Waals surface area contributed by atoms with Gasteiger partial charge in [0.1, 0.15) is 0 Å². The molecule has 1 spiro atoms. The molecule has 13 heavy (non-hydrogen) atoms. The number of rotatable bonds is 0. The summed E-state index contributed by atoms with van der Waals surface area (Å²) in [5.41, 5.74) is 0. The lowest BCUT2D eigenvalue weighted by molar-refractivity contribution is 0.0734. The van der Waals surface area contributed by atoms with Gasteiger partial charge in [0.05, 0.1) is 10.5 Å². The minimum absolute atomic E-state index is 0.285. The van der Waals surface area contributed by atoms with Crippen LogP contribution in [-0.2, 0) is 14.6 Å². The molecule has 0 saturated carbocycles. The Morgan fingerprint density at radius 3 is 2.54 bits per heavy atom. The van der Waals surface area contributed by atoms with Crippen LogP contribution in [0.4, 0.5) is 0 Å². The van der Waals surface area contributed by atoms with Crippen molar-refractivity contribution in [3.05, 3.63) is 0 Å². The fraction of sp³-hybridized carbons (Fsp3) is 1.00. The molecule has 76 valence electrons. The summed E-state index contributed by atoms with van der Waals surface area (Å²) in [6.07, 6.45) is 1.31. The molecule has 2 aliphatic heterocycles. The molecule has 2 fully saturated rings. The van der Waals surface area contributed by atoms with Gasteiger partial charge in [-0.05, 0) is 12.8 Å². The molecule has 0 unspecified atom stereocenters. The zero-order valence-corrected chi connectivity index (χ0v) is 8.40. The van der Waals surface area contributed by atoms with E-state index in [0.717, 1.165) is 0 Å². The van der Waals surface area contributed by atoms with E-state index < -0.39 is 14.6 Å². The van der Waals surface area contributed by atoms with Gasteiger partial charge in [-0.3, -0.25) is 0 Å². The molecule has 1 N–H and O–H groups in total. The first-order chi connectivity index (χ1) is 6.16. The van der Waals surface area contributed by atoms with Gasteiger partial charge in [0.15, 0.2) is 9.84 Å². The Kier molecular flexibility index (Phi) is 2.33. The van der Waals surface area contributed by atoms with Crippen LogP contribution in [0.1, 0.15) is 12.8 Å². The Morgan fingerprint density at radius 1 is 1.23 bits per heavy atom. The maximum Gasteiger partial charge on any atom is 0.158 e. The standard InChI is InChI=1S/C8H15NO3S/c10-13(11)6-3-9-7-8(13)1-4-12-5-2-8/h9H,1-7H2. The van der Waals surface area contributed by atoms with E-state index in [1.54, 1.807) is 0 Å². The van der Waals surface area contributed by atoms with Crippen LogP contribution in [0.2, 0.25) is 0 Å². The van der Waals surface area contributed by atoms with Crippen LogP contribution < -0.4 is 5.32 Å². The van der Waals surface area contributed by atoms with E-state index in [2.05, 4.69) is 5.32 Å². The van der Waals surface area contributed by atoms with E-state index in [0.29, 0.717) is 39.1 Å². The Morgan fingerprint density at radius 2 is 1.92 bits per heavy atom. The fourth-order valence-corrected chi connectivity index (χ4v) is 4.04. The molecule has 4 nitrogen and oxygen atoms in total. The van der Waals surface area contributed by atoms with Crippen LogP contribution in [0.5, 0.6) is 0 Å². The predicted molar refractivity (Wildman–Crippen MR) is 49.4 cm³/mol. The summed E-state index contributed by atoms with van der Waals surface area (Å²) in [6, 6.07) is 0. The molecule has 0 atom stereocenters. The van der Waals surface area contributed by atoms with Crippen molar-refractivity contribution in [3.8, 4) is 0 Å². The Hall–Kier alpha value is -0.130. The van der Waals surface area contributed by atoms with Crippen molar-refractivity contribution in [2.75, 3.05) is 32.1 Å². The highest BCUT2D eigenvalue weighted by Gasteiger charge is 2.46. The molecule has 0 aromatic carbocycles. The summed E-state index contributed by atoms with van der Waals surface area (Å²) in [4.78, 5) is 0. The lowest BCUT2D eigenvalue weighted by Crippen LogP contribution is -2.57. The van der Waals surface area contributed by atoms with Crippen LogP contribution >= 0.6 is 0 Å². The minimum Gasteiger partial charge on any atom is -0.381 e. The minimum atomic E-state index is -2.89. The van der Waals surface area contributed by atoms with E-state index >= 15 is 0 Å². The predicted octanol–water partition coefficient (Wildman–Crippen LogP) is -0.446. The molecule has 0 aromatic rings. The molecule has 0 aliphatic carbocycles. The van der Waals surface area contributed by atoms with Gasteiger partial charge in [0, 0.05) is 26.3 Å². The fourth-order valence-electron chi connectivity index (χ4n) is 2.08. The summed E-state index contributed by atoms with van der Waals surface area (Å²) >= 11 is 0. The average molecular weight is 205 g/mol. The monoisotopic (exact) mass is 205 g/mol. The lowest BCUT2D eigenvalue weighted by atomic mass is 9.99. The number of nitrogens with one attached hydrogen (secondary N) is 1. The number of ether oxygens (including phenoxy) is 1. The van der Waals surface area contributed by atoms with Crippen molar-refractivity contribution in [1.29, 1.82) is 0 Å². The SMILES string of the molecule is O=S1(=O)CCNCC12CCOCC2. The quantitative estimate of drug-likeness (QED) is 0.582. The number of sulfone groups is 1. The van der Waals surface area contributed by atoms with Crippen molar-refractivity contribution in [2.45, 2.75) is 17.6 Å². The second-order valence-corrected chi connectivity index (χ2v) is 6.29. The lowest BCUT2D eigenvalue weighted by Gasteiger charge is -2.39. The van der Waals surface area contributed by atoms with Crippen LogP contribution in [0, 0.1) is 0 Å². The van der Waals surface area contributed by atoms with E-state index in [1.807, 2.05) is 0 Å². The van der Waals surface area contributed by atoms with Gasteiger partial charge >= 0.3 is 0 Å². The Labute approximate surface area is 78.6 Å². The molecular formula is C8H15NO3S. The smallest absolute Gasteiger partial charge is 0.158 e. The molecule has 0 aromatic heterocycles. The molecule has 2 rings (SSSR count). The number of hydrogen-bond acceptors (Lipinski definition) is 4. The third kappa shape index (κ3) is 1.49. The van der Waals surface area contributed by atoms with Crippen molar-refractivity contribution in [1.82, 2.24) is 5.32 Å². The maximum atomic E-state index is 11.9. The average Bonchev–Trinajstić information content (AvgIpc) is 2.12. The molecule has 0 radical (unpaired) electrons. The highest BCUT2D eigenvalue weighted by molar-refractivity contribution is 7.92. The van der Waals surface area contributed by atoms with Gasteiger partial charge in [0.2, 0.25) is 0 Å². The largest absolute Gasteiger partial charge is 0.381 e. The van der Waals surface area contributed by atoms with Crippen molar-refractivity contribution >= 4 is 9.84 Å². The summed E-state index contributed by atoms with van der Waals surface area (Å²) in [6.45, 7) is 2.38. The van der Waals surface area contributed by atoms with Crippen LogP contribution in [0.3, 0.4) is 0 Å². The van der Waals surface area contributed by atoms with Gasteiger partial charge in [-0.25, -0.2) is 8.42 Å². The Balaban J connectivity index is 2.26. The molecular weight excluding hydrogens is 190 g/mol. The third-order valence-corrected chi connectivity index (χ3v) is 5.67. The van der Waals surface area contributed by atoms with Gasteiger partial charge in [-0.15, -0.1) is 0 Å². The Bertz CT molecular complexity index is 271. The number of hydrogen-bond donors (Lipinski definition) is 1. The van der Waals surface area contributed by atoms with Crippen LogP contribution in [-0.4, -0.2) is 45.2 Å². The topological polar surface area (TPSA) is 55.4 Å². The van der Waals surface area contributed by atoms with Gasteiger partial charge < -0.3 is 10.1 Å². The molecule has 0 bridgehead atoms. The van der Waals surface area contributed by atoms with E-state index in [9.17, 15) is 8.42 Å². The molecule has 2 aliphatic rings. The molecule has 2 heterocycles. The zero-order valence-electron chi connectivity index (χ0n) is 7.58. The first-order valence-electron chi connectivity index (χ1n) is 4.67. The van der Waals surface area contributed by atoms with Crippen LogP contribution in [0.25, 0.3) is 0 Å². The zero-order chi connectivity index (χ0) is 9.36. The van der Waals surface area contributed by atoms with E-state index in [-0.39, 0.29) is 5.75 Å². The highest BCUT2D eigenvalue weighted by atomic mass is 32.2. The second kappa shape index (κ2) is 3.22. The van der Waals surface area contributed by atoms with Crippen molar-refractivity contribution in [2.24, 2.45) is 0 Å². The first kappa shape index (κ1) is 9.43. The van der Waals surface area contributed by atoms with Gasteiger partial charge in [-0.2, -0.15) is 0 Å². The van der Waals surface area contributed by atoms with E-state index in [1.165, 1.54) is 0 Å². The summed E-state index contributed by atoms with van der Waals surface area (Å²) in [7, 11) is -2.89. The normalized spacial score (nSPS) is 31.7. The van der Waals surface area contributed by atoms with Crippen molar-refractivity contribution in [3.63, 3.8) is 0 Å². The van der Waals surface area contributed by atoms with Crippen LogP contribution in [0.15, 0.2) is 0 Å². The molecule has 5 heteroatoms. The van der Waals surface area contributed by atoms with Gasteiger partial charge in [-0.1, -0.05) is 0 Å². The molecule has 0 amide bonds. The summed E-state index contributed by atoms with van der Waals surface area (Å²) in [5, 5.41) is 3.17. The molecule has 2 saturated heterocycles. The highest BCUT2D eigenvalue weighted by Crippen LogP contribution is 2.31. The summed E-state index contributed by atoms with van der Waals surface area (Å²) < 4.78 is 28.4. The van der Waals surface area contributed by atoms with Gasteiger partial charge in [0.25, 0.3) is 0 Å².